The molecule has 2 aromatic carbocycles. The standard InChI is InChI=1S/C21H22BrN3O2/c1-3-25-13-18(15(2)24-25)12-23-21(26)17-10-8-16(9-11-17)14-27-20-7-5-4-6-19(20)22/h4-11,13H,3,12,14H2,1-2H3,(H,23,26). The Morgan fingerprint density at radius 3 is 2.59 bits per heavy atom. The average molecular weight is 428 g/mol. The number of hydrogen-bond donors (Lipinski definition) is 1. The van der Waals surface area contributed by atoms with Crippen molar-refractivity contribution in [2.45, 2.75) is 33.5 Å². The predicted octanol–water partition coefficient (Wildman–Crippen LogP) is 4.48. The fraction of sp³-hybridized carbons (Fsp3) is 0.238. The highest BCUT2D eigenvalue weighted by molar-refractivity contribution is 9.10. The maximum Gasteiger partial charge on any atom is 0.251 e. The number of amides is 1. The summed E-state index contributed by atoms with van der Waals surface area (Å²) < 4.78 is 8.59. The second-order valence-electron chi connectivity index (χ2n) is 6.19. The van der Waals surface area contributed by atoms with E-state index in [1.165, 1.54) is 0 Å². The largest absolute Gasteiger partial charge is 0.488 e. The summed E-state index contributed by atoms with van der Waals surface area (Å²) in [5, 5.41) is 7.34. The van der Waals surface area contributed by atoms with E-state index >= 15 is 0 Å². The minimum absolute atomic E-state index is 0.100. The van der Waals surface area contributed by atoms with Gasteiger partial charge in [0, 0.05) is 30.4 Å². The monoisotopic (exact) mass is 427 g/mol. The van der Waals surface area contributed by atoms with Gasteiger partial charge in [0.25, 0.3) is 5.91 Å². The van der Waals surface area contributed by atoms with Gasteiger partial charge in [-0.05, 0) is 59.6 Å². The SMILES string of the molecule is CCn1cc(CNC(=O)c2ccc(COc3ccccc3Br)cc2)c(C)n1. The molecule has 0 saturated carbocycles. The summed E-state index contributed by atoms with van der Waals surface area (Å²) in [6.07, 6.45) is 1.97. The maximum absolute atomic E-state index is 12.4. The predicted molar refractivity (Wildman–Crippen MR) is 109 cm³/mol. The molecule has 1 amide bonds. The van der Waals surface area contributed by atoms with E-state index in [9.17, 15) is 4.79 Å². The molecular weight excluding hydrogens is 406 g/mol. The third-order valence-electron chi connectivity index (χ3n) is 4.26. The highest BCUT2D eigenvalue weighted by Crippen LogP contribution is 2.24. The van der Waals surface area contributed by atoms with Gasteiger partial charge in [-0.2, -0.15) is 5.10 Å². The number of halogens is 1. The van der Waals surface area contributed by atoms with Crippen LogP contribution in [0.2, 0.25) is 0 Å². The Hall–Kier alpha value is -2.60. The lowest BCUT2D eigenvalue weighted by Gasteiger charge is -2.09. The zero-order chi connectivity index (χ0) is 19.2. The van der Waals surface area contributed by atoms with Crippen molar-refractivity contribution < 1.29 is 9.53 Å². The normalized spacial score (nSPS) is 10.6. The molecule has 3 rings (SSSR count). The molecule has 0 bridgehead atoms. The number of aryl methyl sites for hydroxylation is 2. The fourth-order valence-electron chi connectivity index (χ4n) is 2.65. The van der Waals surface area contributed by atoms with Gasteiger partial charge in [0.1, 0.15) is 12.4 Å². The molecule has 0 aliphatic rings. The quantitative estimate of drug-likeness (QED) is 0.604. The van der Waals surface area contributed by atoms with Crippen LogP contribution in [0.3, 0.4) is 0 Å². The van der Waals surface area contributed by atoms with Gasteiger partial charge >= 0.3 is 0 Å². The summed E-state index contributed by atoms with van der Waals surface area (Å²) in [5.41, 5.74) is 3.60. The number of nitrogens with one attached hydrogen (secondary N) is 1. The average Bonchev–Trinajstić information content (AvgIpc) is 3.06. The molecule has 3 aromatic rings. The summed E-state index contributed by atoms with van der Waals surface area (Å²) in [4.78, 5) is 12.4. The van der Waals surface area contributed by atoms with Crippen LogP contribution >= 0.6 is 15.9 Å². The number of rotatable bonds is 7. The molecule has 0 unspecified atom stereocenters. The van der Waals surface area contributed by atoms with Crippen molar-refractivity contribution in [1.29, 1.82) is 0 Å². The molecular formula is C21H22BrN3O2. The van der Waals surface area contributed by atoms with Crippen LogP contribution in [0.4, 0.5) is 0 Å². The Morgan fingerprint density at radius 2 is 1.93 bits per heavy atom. The van der Waals surface area contributed by atoms with Gasteiger partial charge in [-0.15, -0.1) is 0 Å². The van der Waals surface area contributed by atoms with E-state index in [1.807, 2.05) is 73.3 Å². The Bertz CT molecular complexity index is 919. The zero-order valence-electron chi connectivity index (χ0n) is 15.4. The minimum Gasteiger partial charge on any atom is -0.488 e. The van der Waals surface area contributed by atoms with E-state index in [0.29, 0.717) is 18.7 Å². The van der Waals surface area contributed by atoms with Crippen LogP contribution in [0.15, 0.2) is 59.2 Å². The fourth-order valence-corrected chi connectivity index (χ4v) is 3.05. The molecule has 1 heterocycles. The number of nitrogens with zero attached hydrogens (tertiary/aromatic N) is 2. The van der Waals surface area contributed by atoms with Gasteiger partial charge in [0.2, 0.25) is 0 Å². The van der Waals surface area contributed by atoms with Gasteiger partial charge < -0.3 is 10.1 Å². The highest BCUT2D eigenvalue weighted by Gasteiger charge is 2.09. The van der Waals surface area contributed by atoms with Crippen LogP contribution in [0.1, 0.15) is 34.1 Å². The van der Waals surface area contributed by atoms with Crippen molar-refractivity contribution in [3.05, 3.63) is 81.6 Å². The highest BCUT2D eigenvalue weighted by atomic mass is 79.9. The number of carbonyl (C=O) groups excluding carboxylic acids is 1. The summed E-state index contributed by atoms with van der Waals surface area (Å²) in [5.74, 6) is 0.694. The molecule has 1 aromatic heterocycles. The minimum atomic E-state index is -0.100. The summed E-state index contributed by atoms with van der Waals surface area (Å²) in [6.45, 7) is 5.72. The van der Waals surface area contributed by atoms with Crippen molar-refractivity contribution in [2.24, 2.45) is 0 Å². The Morgan fingerprint density at radius 1 is 1.19 bits per heavy atom. The van der Waals surface area contributed by atoms with E-state index in [0.717, 1.165) is 33.6 Å². The third kappa shape index (κ3) is 4.98. The van der Waals surface area contributed by atoms with E-state index in [1.54, 1.807) is 0 Å². The smallest absolute Gasteiger partial charge is 0.251 e. The van der Waals surface area contributed by atoms with Crippen molar-refractivity contribution in [2.75, 3.05) is 0 Å². The molecule has 5 nitrogen and oxygen atoms in total. The molecule has 0 radical (unpaired) electrons. The van der Waals surface area contributed by atoms with Crippen LogP contribution in [-0.4, -0.2) is 15.7 Å². The number of aromatic nitrogens is 2. The molecule has 0 saturated heterocycles. The Labute approximate surface area is 167 Å². The van der Waals surface area contributed by atoms with E-state index in [-0.39, 0.29) is 5.91 Å². The summed E-state index contributed by atoms with van der Waals surface area (Å²) >= 11 is 3.46. The van der Waals surface area contributed by atoms with Crippen molar-refractivity contribution >= 4 is 21.8 Å². The first-order valence-electron chi connectivity index (χ1n) is 8.84. The molecule has 0 aliphatic carbocycles. The molecule has 0 spiro atoms. The van der Waals surface area contributed by atoms with Crippen LogP contribution in [0.5, 0.6) is 5.75 Å². The van der Waals surface area contributed by atoms with Gasteiger partial charge in [0.05, 0.1) is 10.2 Å². The van der Waals surface area contributed by atoms with Gasteiger partial charge in [-0.1, -0.05) is 24.3 Å². The van der Waals surface area contributed by atoms with Crippen LogP contribution in [-0.2, 0) is 19.7 Å². The number of para-hydroxylation sites is 1. The van der Waals surface area contributed by atoms with Crippen LogP contribution in [0, 0.1) is 6.92 Å². The second kappa shape index (κ2) is 8.86. The molecule has 1 N–H and O–H groups in total. The molecule has 0 fully saturated rings. The summed E-state index contributed by atoms with van der Waals surface area (Å²) in [7, 11) is 0. The molecule has 0 aliphatic heterocycles. The Balaban J connectivity index is 1.55. The molecule has 140 valence electrons. The van der Waals surface area contributed by atoms with Gasteiger partial charge in [0.15, 0.2) is 0 Å². The lowest BCUT2D eigenvalue weighted by atomic mass is 10.1. The second-order valence-corrected chi connectivity index (χ2v) is 7.05. The van der Waals surface area contributed by atoms with Crippen LogP contribution < -0.4 is 10.1 Å². The van der Waals surface area contributed by atoms with Crippen molar-refractivity contribution in [3.63, 3.8) is 0 Å². The van der Waals surface area contributed by atoms with E-state index in [4.69, 9.17) is 4.74 Å². The van der Waals surface area contributed by atoms with Gasteiger partial charge in [-0.3, -0.25) is 9.48 Å². The first-order chi connectivity index (χ1) is 13.1. The molecule has 27 heavy (non-hydrogen) atoms. The van der Waals surface area contributed by atoms with Crippen molar-refractivity contribution in [3.8, 4) is 5.75 Å². The van der Waals surface area contributed by atoms with Crippen molar-refractivity contribution in [1.82, 2.24) is 15.1 Å². The topological polar surface area (TPSA) is 56.2 Å². The number of carbonyl (C=O) groups is 1. The molecule has 6 heteroatoms. The number of benzene rings is 2. The molecule has 0 atom stereocenters. The van der Waals surface area contributed by atoms with Gasteiger partial charge in [-0.25, -0.2) is 0 Å². The number of hydrogen-bond acceptors (Lipinski definition) is 3. The van der Waals surface area contributed by atoms with E-state index in [2.05, 4.69) is 26.3 Å². The first kappa shape index (κ1) is 19.2. The maximum atomic E-state index is 12.4. The Kier molecular flexibility index (Phi) is 6.29. The zero-order valence-corrected chi connectivity index (χ0v) is 17.0. The number of ether oxygens (including phenoxy) is 1. The summed E-state index contributed by atoms with van der Waals surface area (Å²) in [6, 6.07) is 15.2. The van der Waals surface area contributed by atoms with Crippen LogP contribution in [0.25, 0.3) is 0 Å². The van der Waals surface area contributed by atoms with E-state index < -0.39 is 0 Å². The third-order valence-corrected chi connectivity index (χ3v) is 4.91. The first-order valence-corrected chi connectivity index (χ1v) is 9.63. The lowest BCUT2D eigenvalue weighted by Crippen LogP contribution is -2.22. The lowest BCUT2D eigenvalue weighted by molar-refractivity contribution is 0.0951.